The maximum Gasteiger partial charge on any atom is 0.120 e. The first-order valence-electron chi connectivity index (χ1n) is 25.0. The molecule has 0 saturated heterocycles. The van der Waals surface area contributed by atoms with Gasteiger partial charge < -0.3 is 4.74 Å². The Morgan fingerprint density at radius 3 is 1.48 bits per heavy atom. The molecule has 0 amide bonds. The number of ether oxygens (including phenoxy) is 1. The molecule has 6 aromatic carbocycles. The molecule has 0 N–H and O–H groups in total. The molecule has 66 heavy (non-hydrogen) atoms. The van der Waals surface area contributed by atoms with Crippen molar-refractivity contribution in [1.82, 2.24) is 0 Å². The summed E-state index contributed by atoms with van der Waals surface area (Å²) in [6.07, 6.45) is 17.2. The van der Waals surface area contributed by atoms with Crippen LogP contribution in [0.1, 0.15) is 162 Å². The highest BCUT2D eigenvalue weighted by Crippen LogP contribution is 2.52. The Kier molecular flexibility index (Phi) is 13.6. The monoisotopic (exact) mass is 873 g/mol. The normalized spacial score (nSPS) is 15.8. The van der Waals surface area contributed by atoms with E-state index in [4.69, 9.17) is 4.74 Å². The number of rotatable bonds is 20. The van der Waals surface area contributed by atoms with Gasteiger partial charge in [0.25, 0.3) is 0 Å². The van der Waals surface area contributed by atoms with E-state index in [1.807, 2.05) is 12.2 Å². The van der Waals surface area contributed by atoms with E-state index in [1.165, 1.54) is 91.6 Å². The van der Waals surface area contributed by atoms with Crippen molar-refractivity contribution < 1.29 is 4.74 Å². The van der Waals surface area contributed by atoms with Gasteiger partial charge in [0, 0.05) is 5.41 Å². The highest BCUT2D eigenvalue weighted by atomic mass is 16.5. The quantitative estimate of drug-likeness (QED) is 0.0741. The Morgan fingerprint density at radius 2 is 0.970 bits per heavy atom. The van der Waals surface area contributed by atoms with E-state index in [-0.39, 0.29) is 27.3 Å². The molecule has 342 valence electrons. The van der Waals surface area contributed by atoms with Crippen molar-refractivity contribution in [2.45, 2.75) is 143 Å². The average molecular weight is 873 g/mol. The van der Waals surface area contributed by atoms with Gasteiger partial charge >= 0.3 is 0 Å². The van der Waals surface area contributed by atoms with Crippen molar-refractivity contribution in [1.29, 1.82) is 0 Å². The Balaban J connectivity index is 0.973. The van der Waals surface area contributed by atoms with Gasteiger partial charge in [-0.2, -0.15) is 0 Å². The van der Waals surface area contributed by atoms with E-state index in [1.54, 1.807) is 0 Å². The van der Waals surface area contributed by atoms with E-state index >= 15 is 0 Å². The summed E-state index contributed by atoms with van der Waals surface area (Å²) in [7, 11) is 0. The Labute approximate surface area is 399 Å². The Hall–Kier alpha value is -5.40. The summed E-state index contributed by atoms with van der Waals surface area (Å²) in [5, 5.41) is 0. The van der Waals surface area contributed by atoms with Crippen LogP contribution in [0, 0.1) is 16.2 Å². The highest BCUT2D eigenvalue weighted by molar-refractivity contribution is 5.79. The molecule has 0 heterocycles. The second kappa shape index (κ2) is 19.1. The zero-order valence-corrected chi connectivity index (χ0v) is 41.7. The third-order valence-electron chi connectivity index (χ3n) is 15.3. The Bertz CT molecular complexity index is 2480. The van der Waals surface area contributed by atoms with Crippen LogP contribution in [0.3, 0.4) is 0 Å². The van der Waals surface area contributed by atoms with Crippen molar-refractivity contribution in [3.05, 3.63) is 208 Å². The van der Waals surface area contributed by atoms with Gasteiger partial charge in [-0.15, -0.1) is 0 Å². The van der Waals surface area contributed by atoms with Crippen LogP contribution in [-0.4, -0.2) is 5.60 Å². The molecule has 0 saturated carbocycles. The van der Waals surface area contributed by atoms with E-state index < -0.39 is 0 Å². The summed E-state index contributed by atoms with van der Waals surface area (Å²) in [6.45, 7) is 26.9. The fourth-order valence-corrected chi connectivity index (χ4v) is 11.6. The van der Waals surface area contributed by atoms with E-state index in [9.17, 15) is 0 Å². The van der Waals surface area contributed by atoms with Crippen LogP contribution in [0.25, 0.3) is 23.3 Å². The Morgan fingerprint density at radius 1 is 0.500 bits per heavy atom. The molecular weight excluding hydrogens is 797 g/mol. The number of aryl methyl sites for hydroxylation is 1. The molecule has 1 nitrogen and oxygen atoms in total. The highest BCUT2D eigenvalue weighted by Gasteiger charge is 2.43. The summed E-state index contributed by atoms with van der Waals surface area (Å²) in [5.74, 6) is 0.950. The van der Waals surface area contributed by atoms with Gasteiger partial charge in [0.1, 0.15) is 11.4 Å². The van der Waals surface area contributed by atoms with E-state index in [0.29, 0.717) is 0 Å². The first-order chi connectivity index (χ1) is 31.5. The van der Waals surface area contributed by atoms with Crippen LogP contribution < -0.4 is 4.74 Å². The SMILES string of the molecule is C=Cc1ccc(CC(C)(C)CCCC(C)(C)Cc2ccc(C3(c4ccc(OC(C)(C)CCCC(C)(C)Cc5ccc(C=C)cc5)cc4)CCc4cc5c(cc43)Cc3ccccc3-5)cc2)cc1. The summed E-state index contributed by atoms with van der Waals surface area (Å²) in [6, 6.07) is 50.9. The van der Waals surface area contributed by atoms with Crippen LogP contribution in [0.2, 0.25) is 0 Å². The lowest BCUT2D eigenvalue weighted by atomic mass is 9.69. The van der Waals surface area contributed by atoms with Crippen LogP contribution in [-0.2, 0) is 37.5 Å². The van der Waals surface area contributed by atoms with Crippen LogP contribution in [0.15, 0.2) is 147 Å². The topological polar surface area (TPSA) is 9.23 Å². The largest absolute Gasteiger partial charge is 0.488 e. The van der Waals surface area contributed by atoms with Crippen LogP contribution >= 0.6 is 0 Å². The minimum Gasteiger partial charge on any atom is -0.488 e. The second-order valence-electron chi connectivity index (χ2n) is 23.1. The minimum absolute atomic E-state index is 0.216. The van der Waals surface area contributed by atoms with Gasteiger partial charge in [-0.3, -0.25) is 0 Å². The summed E-state index contributed by atoms with van der Waals surface area (Å²) in [5.41, 5.74) is 18.3. The lowest BCUT2D eigenvalue weighted by Gasteiger charge is -2.34. The predicted octanol–water partition coefficient (Wildman–Crippen LogP) is 17.4. The predicted molar refractivity (Wildman–Crippen MR) is 284 cm³/mol. The molecule has 1 unspecified atom stereocenters. The molecule has 1 atom stereocenters. The van der Waals surface area contributed by atoms with Crippen molar-refractivity contribution in [2.75, 3.05) is 0 Å². The van der Waals surface area contributed by atoms with Crippen molar-refractivity contribution >= 4 is 12.2 Å². The third-order valence-corrected chi connectivity index (χ3v) is 15.3. The molecule has 1 heteroatoms. The van der Waals surface area contributed by atoms with Gasteiger partial charge in [-0.25, -0.2) is 0 Å². The fraction of sp³-hybridized carbons (Fsp3) is 0.385. The second-order valence-corrected chi connectivity index (χ2v) is 23.1. The standard InChI is InChI=1S/C65H76O/c1-11-47-19-23-49(24-20-47)44-61(3,4)36-15-37-62(5,6)46-51-27-29-55(30-28-51)65(40-35-53-42-59-54(43-60(53)65)41-52-17-13-14-18-58(52)59)56-31-33-57(34-32-56)66-64(9,10)39-16-38-63(7,8)45-50-25-21-48(12-2)22-26-50/h11-14,17-34,42-43H,1-2,15-16,35-41,44-46H2,3-10H3. The van der Waals surface area contributed by atoms with E-state index in [0.717, 1.165) is 63.5 Å². The van der Waals surface area contributed by atoms with Gasteiger partial charge in [-0.05, 0) is 185 Å². The fourth-order valence-electron chi connectivity index (χ4n) is 11.6. The summed E-state index contributed by atoms with van der Waals surface area (Å²) < 4.78 is 6.81. The zero-order chi connectivity index (χ0) is 46.7. The number of fused-ring (bicyclic) bond motifs is 4. The molecule has 0 aromatic heterocycles. The molecular formula is C65H76O. The lowest BCUT2D eigenvalue weighted by Crippen LogP contribution is -2.29. The molecule has 2 aliphatic rings. The molecule has 0 fully saturated rings. The zero-order valence-electron chi connectivity index (χ0n) is 41.7. The van der Waals surface area contributed by atoms with Gasteiger partial charge in [0.15, 0.2) is 0 Å². The molecule has 0 aliphatic heterocycles. The smallest absolute Gasteiger partial charge is 0.120 e. The number of hydrogen-bond acceptors (Lipinski definition) is 1. The van der Waals surface area contributed by atoms with Crippen molar-refractivity contribution in [2.24, 2.45) is 16.2 Å². The number of benzene rings is 6. The minimum atomic E-state index is -0.269. The van der Waals surface area contributed by atoms with Gasteiger partial charge in [0.2, 0.25) is 0 Å². The maximum absolute atomic E-state index is 6.81. The van der Waals surface area contributed by atoms with Crippen molar-refractivity contribution in [3.63, 3.8) is 0 Å². The summed E-state index contributed by atoms with van der Waals surface area (Å²) in [4.78, 5) is 0. The average Bonchev–Trinajstić information content (AvgIpc) is 3.84. The molecule has 8 rings (SSSR count). The maximum atomic E-state index is 6.81. The lowest BCUT2D eigenvalue weighted by molar-refractivity contribution is 0.0919. The first kappa shape index (κ1) is 47.1. The first-order valence-corrected chi connectivity index (χ1v) is 25.0. The molecule has 6 aromatic rings. The van der Waals surface area contributed by atoms with Crippen LogP contribution in [0.4, 0.5) is 0 Å². The molecule has 0 spiro atoms. The molecule has 2 aliphatic carbocycles. The summed E-state index contributed by atoms with van der Waals surface area (Å²) >= 11 is 0. The van der Waals surface area contributed by atoms with Crippen LogP contribution in [0.5, 0.6) is 5.75 Å². The van der Waals surface area contributed by atoms with Gasteiger partial charge in [-0.1, -0.05) is 195 Å². The molecule has 0 radical (unpaired) electrons. The third kappa shape index (κ3) is 10.9. The van der Waals surface area contributed by atoms with Gasteiger partial charge in [0.05, 0.1) is 0 Å². The number of hydrogen-bond donors (Lipinski definition) is 0. The molecule has 0 bridgehead atoms. The van der Waals surface area contributed by atoms with E-state index in [2.05, 4.69) is 202 Å². The van der Waals surface area contributed by atoms with Crippen molar-refractivity contribution in [3.8, 4) is 16.9 Å².